The second kappa shape index (κ2) is 6.87. The highest BCUT2D eigenvalue weighted by atomic mass is 35.5. The van der Waals surface area contributed by atoms with Crippen molar-refractivity contribution in [2.24, 2.45) is 5.41 Å². The average Bonchev–Trinajstić information content (AvgIpc) is 2.41. The summed E-state index contributed by atoms with van der Waals surface area (Å²) in [4.78, 5) is 2.54. The molecule has 1 heterocycles. The van der Waals surface area contributed by atoms with E-state index in [1.54, 1.807) is 0 Å². The van der Waals surface area contributed by atoms with Crippen molar-refractivity contribution in [1.29, 1.82) is 0 Å². The highest BCUT2D eigenvalue weighted by Gasteiger charge is 2.35. The highest BCUT2D eigenvalue weighted by molar-refractivity contribution is 6.35. The molecule has 0 aromatic heterocycles. The van der Waals surface area contributed by atoms with Crippen LogP contribution in [0, 0.1) is 5.41 Å². The average molecular weight is 329 g/mol. The van der Waals surface area contributed by atoms with Gasteiger partial charge in [0.1, 0.15) is 0 Å². The number of halogens is 2. The van der Waals surface area contributed by atoms with Crippen LogP contribution in [0.3, 0.4) is 0 Å². The van der Waals surface area contributed by atoms with Crippen LogP contribution < -0.4 is 5.32 Å². The lowest BCUT2D eigenvalue weighted by atomic mass is 9.83. The Morgan fingerprint density at radius 3 is 2.38 bits per heavy atom. The topological polar surface area (TPSA) is 15.3 Å². The normalized spacial score (nSPS) is 24.3. The molecule has 1 saturated heterocycles. The molecular formula is C17H26Cl2N2. The standard InChI is InChI=1S/C17H26Cl2N2/c1-5-12-10-21(16(9-20-12)17(2,3)4)11-13-14(18)7-6-8-15(13)19/h6-8,12,16,20H,5,9-11H2,1-4H3. The van der Waals surface area contributed by atoms with Gasteiger partial charge in [0, 0.05) is 47.3 Å². The Balaban J connectivity index is 2.24. The van der Waals surface area contributed by atoms with Crippen molar-refractivity contribution >= 4 is 23.2 Å². The SMILES string of the molecule is CCC1CN(Cc2c(Cl)cccc2Cl)C(C(C)(C)C)CN1. The first kappa shape index (κ1) is 17.1. The van der Waals surface area contributed by atoms with E-state index in [-0.39, 0.29) is 5.41 Å². The third-order valence-corrected chi connectivity index (χ3v) is 5.12. The van der Waals surface area contributed by atoms with E-state index < -0.39 is 0 Å². The molecule has 2 atom stereocenters. The van der Waals surface area contributed by atoms with Crippen LogP contribution in [0.15, 0.2) is 18.2 Å². The molecule has 1 aromatic carbocycles. The number of hydrogen-bond donors (Lipinski definition) is 1. The monoisotopic (exact) mass is 328 g/mol. The summed E-state index contributed by atoms with van der Waals surface area (Å²) in [5.41, 5.74) is 1.27. The number of hydrogen-bond acceptors (Lipinski definition) is 2. The highest BCUT2D eigenvalue weighted by Crippen LogP contribution is 2.31. The van der Waals surface area contributed by atoms with Crippen molar-refractivity contribution in [2.45, 2.75) is 52.7 Å². The first-order chi connectivity index (χ1) is 9.82. The fraction of sp³-hybridized carbons (Fsp3) is 0.647. The quantitative estimate of drug-likeness (QED) is 0.872. The van der Waals surface area contributed by atoms with E-state index in [0.717, 1.165) is 41.7 Å². The lowest BCUT2D eigenvalue weighted by Gasteiger charge is -2.46. The molecule has 0 radical (unpaired) electrons. The molecule has 4 heteroatoms. The smallest absolute Gasteiger partial charge is 0.0465 e. The van der Waals surface area contributed by atoms with Crippen LogP contribution in [-0.2, 0) is 6.54 Å². The Hall–Kier alpha value is -0.280. The minimum atomic E-state index is 0.222. The van der Waals surface area contributed by atoms with Gasteiger partial charge in [0.05, 0.1) is 0 Å². The van der Waals surface area contributed by atoms with Crippen LogP contribution in [0.1, 0.15) is 39.7 Å². The Labute approximate surface area is 138 Å². The van der Waals surface area contributed by atoms with Crippen LogP contribution >= 0.6 is 23.2 Å². The van der Waals surface area contributed by atoms with E-state index in [4.69, 9.17) is 23.2 Å². The predicted molar refractivity (Wildman–Crippen MR) is 92.2 cm³/mol. The second-order valence-corrected chi connectivity index (χ2v) is 7.84. The minimum Gasteiger partial charge on any atom is -0.311 e. The Kier molecular flexibility index (Phi) is 5.59. The molecular weight excluding hydrogens is 303 g/mol. The van der Waals surface area contributed by atoms with E-state index in [0.29, 0.717) is 12.1 Å². The molecule has 1 aromatic rings. The van der Waals surface area contributed by atoms with Gasteiger partial charge in [-0.25, -0.2) is 0 Å². The van der Waals surface area contributed by atoms with E-state index >= 15 is 0 Å². The van der Waals surface area contributed by atoms with Crippen LogP contribution in [0.2, 0.25) is 10.0 Å². The molecule has 2 rings (SSSR count). The fourth-order valence-corrected chi connectivity index (χ4v) is 3.59. The van der Waals surface area contributed by atoms with Crippen molar-refractivity contribution < 1.29 is 0 Å². The van der Waals surface area contributed by atoms with E-state index in [9.17, 15) is 0 Å². The van der Waals surface area contributed by atoms with Gasteiger partial charge in [0.2, 0.25) is 0 Å². The zero-order valence-electron chi connectivity index (χ0n) is 13.4. The van der Waals surface area contributed by atoms with Gasteiger partial charge in [0.25, 0.3) is 0 Å². The van der Waals surface area contributed by atoms with E-state index in [1.165, 1.54) is 0 Å². The zero-order valence-corrected chi connectivity index (χ0v) is 14.9. The lowest BCUT2D eigenvalue weighted by Crippen LogP contribution is -2.60. The molecule has 1 aliphatic heterocycles. The number of rotatable bonds is 3. The first-order valence-corrected chi connectivity index (χ1v) is 8.48. The third-order valence-electron chi connectivity index (χ3n) is 4.41. The predicted octanol–water partition coefficient (Wildman–Crippen LogP) is 4.59. The van der Waals surface area contributed by atoms with E-state index in [2.05, 4.69) is 37.9 Å². The molecule has 1 N–H and O–H groups in total. The maximum Gasteiger partial charge on any atom is 0.0465 e. The number of nitrogens with one attached hydrogen (secondary N) is 1. The van der Waals surface area contributed by atoms with Crippen LogP contribution in [-0.4, -0.2) is 30.1 Å². The summed E-state index contributed by atoms with van der Waals surface area (Å²) < 4.78 is 0. The Bertz CT molecular complexity index is 462. The molecule has 2 unspecified atom stereocenters. The first-order valence-electron chi connectivity index (χ1n) is 7.73. The van der Waals surface area contributed by atoms with Crippen molar-refractivity contribution in [3.63, 3.8) is 0 Å². The molecule has 1 aliphatic rings. The molecule has 21 heavy (non-hydrogen) atoms. The number of benzene rings is 1. The molecule has 0 amide bonds. The van der Waals surface area contributed by atoms with E-state index in [1.807, 2.05) is 18.2 Å². The number of nitrogens with zero attached hydrogens (tertiary/aromatic N) is 1. The lowest BCUT2D eigenvalue weighted by molar-refractivity contribution is 0.0485. The summed E-state index contributed by atoms with van der Waals surface area (Å²) in [5.74, 6) is 0. The summed E-state index contributed by atoms with van der Waals surface area (Å²) in [5, 5.41) is 5.19. The summed E-state index contributed by atoms with van der Waals surface area (Å²) in [6.45, 7) is 12.0. The van der Waals surface area contributed by atoms with Crippen LogP contribution in [0.5, 0.6) is 0 Å². The van der Waals surface area contributed by atoms with Gasteiger partial charge in [-0.15, -0.1) is 0 Å². The molecule has 2 nitrogen and oxygen atoms in total. The summed E-state index contributed by atoms with van der Waals surface area (Å²) in [6.07, 6.45) is 1.14. The number of piperazine rings is 1. The summed E-state index contributed by atoms with van der Waals surface area (Å²) in [7, 11) is 0. The van der Waals surface area contributed by atoms with Gasteiger partial charge in [0.15, 0.2) is 0 Å². The van der Waals surface area contributed by atoms with Crippen molar-refractivity contribution in [3.05, 3.63) is 33.8 Å². The van der Waals surface area contributed by atoms with Gasteiger partial charge in [-0.1, -0.05) is 57.0 Å². The maximum absolute atomic E-state index is 6.35. The largest absolute Gasteiger partial charge is 0.311 e. The molecule has 118 valence electrons. The second-order valence-electron chi connectivity index (χ2n) is 7.02. The van der Waals surface area contributed by atoms with Crippen LogP contribution in [0.4, 0.5) is 0 Å². The summed E-state index contributed by atoms with van der Waals surface area (Å²) >= 11 is 12.7. The summed E-state index contributed by atoms with van der Waals surface area (Å²) in [6, 6.07) is 6.78. The van der Waals surface area contributed by atoms with Crippen LogP contribution in [0.25, 0.3) is 0 Å². The van der Waals surface area contributed by atoms with Gasteiger partial charge in [-0.3, -0.25) is 4.90 Å². The molecule has 0 spiro atoms. The third kappa shape index (κ3) is 4.13. The maximum atomic E-state index is 6.35. The molecule has 1 fully saturated rings. The van der Waals surface area contributed by atoms with Gasteiger partial charge in [-0.2, -0.15) is 0 Å². The zero-order chi connectivity index (χ0) is 15.6. The van der Waals surface area contributed by atoms with Crippen molar-refractivity contribution in [3.8, 4) is 0 Å². The van der Waals surface area contributed by atoms with Gasteiger partial charge < -0.3 is 5.32 Å². The van der Waals surface area contributed by atoms with Crippen molar-refractivity contribution in [2.75, 3.05) is 13.1 Å². The molecule has 0 aliphatic carbocycles. The molecule has 0 bridgehead atoms. The van der Waals surface area contributed by atoms with Gasteiger partial charge >= 0.3 is 0 Å². The Morgan fingerprint density at radius 2 is 1.86 bits per heavy atom. The fourth-order valence-electron chi connectivity index (χ4n) is 3.07. The van der Waals surface area contributed by atoms with Gasteiger partial charge in [-0.05, 0) is 24.0 Å². The van der Waals surface area contributed by atoms with Crippen molar-refractivity contribution in [1.82, 2.24) is 10.2 Å². The Morgan fingerprint density at radius 1 is 1.24 bits per heavy atom. The molecule has 0 saturated carbocycles. The minimum absolute atomic E-state index is 0.222.